The van der Waals surface area contributed by atoms with E-state index in [-0.39, 0.29) is 28.9 Å². The van der Waals surface area contributed by atoms with Gasteiger partial charge in [-0.25, -0.2) is 0 Å². The van der Waals surface area contributed by atoms with Gasteiger partial charge >= 0.3 is 0 Å². The monoisotopic (exact) mass is 553 g/mol. The van der Waals surface area contributed by atoms with Crippen LogP contribution in [0.1, 0.15) is 50.2 Å². The van der Waals surface area contributed by atoms with Crippen molar-refractivity contribution in [2.75, 3.05) is 38.0 Å². The average molecular weight is 554 g/mol. The van der Waals surface area contributed by atoms with Crippen molar-refractivity contribution in [2.45, 2.75) is 31.9 Å². The van der Waals surface area contributed by atoms with Gasteiger partial charge in [0.05, 0.1) is 26.0 Å². The van der Waals surface area contributed by atoms with E-state index >= 15 is 0 Å². The van der Waals surface area contributed by atoms with Crippen molar-refractivity contribution in [3.05, 3.63) is 64.2 Å². The van der Waals surface area contributed by atoms with E-state index in [1.807, 2.05) is 19.1 Å². The smallest absolute Gasteiger partial charge is 0.273 e. The highest BCUT2D eigenvalue weighted by Gasteiger charge is 2.37. The summed E-state index contributed by atoms with van der Waals surface area (Å²) in [6, 6.07) is 11.0. The second kappa shape index (κ2) is 12.1. The lowest BCUT2D eigenvalue weighted by molar-refractivity contribution is -0.123. The molecular formula is C27H31N5O6S. The highest BCUT2D eigenvalue weighted by molar-refractivity contribution is 7.09. The first kappa shape index (κ1) is 27.9. The van der Waals surface area contributed by atoms with E-state index < -0.39 is 23.8 Å². The molecule has 2 aromatic carbocycles. The molecule has 39 heavy (non-hydrogen) atoms. The first-order chi connectivity index (χ1) is 18.7. The molecule has 5 N–H and O–H groups in total. The van der Waals surface area contributed by atoms with E-state index in [2.05, 4.69) is 9.69 Å². The molecule has 3 aromatic rings. The molecule has 1 aliphatic rings. The first-order valence-electron chi connectivity index (χ1n) is 12.3. The number of hydrogen-bond donors (Lipinski definition) is 3. The van der Waals surface area contributed by atoms with E-state index in [0.29, 0.717) is 29.4 Å². The van der Waals surface area contributed by atoms with E-state index in [1.165, 1.54) is 19.1 Å². The van der Waals surface area contributed by atoms with Crippen LogP contribution in [0.2, 0.25) is 0 Å². The van der Waals surface area contributed by atoms with Gasteiger partial charge in [0, 0.05) is 18.8 Å². The number of nitrogen functional groups attached to an aromatic ring is 1. The van der Waals surface area contributed by atoms with Crippen LogP contribution in [0.3, 0.4) is 0 Å². The highest BCUT2D eigenvalue weighted by Crippen LogP contribution is 2.36. The van der Waals surface area contributed by atoms with Gasteiger partial charge in [-0.1, -0.05) is 23.8 Å². The summed E-state index contributed by atoms with van der Waals surface area (Å²) < 4.78 is 20.5. The van der Waals surface area contributed by atoms with Gasteiger partial charge in [0.2, 0.25) is 5.91 Å². The lowest BCUT2D eigenvalue weighted by atomic mass is 10.0. The number of carbonyl (C=O) groups is 3. The van der Waals surface area contributed by atoms with Gasteiger partial charge in [0.1, 0.15) is 10.9 Å². The molecule has 11 nitrogen and oxygen atoms in total. The first-order valence-corrected chi connectivity index (χ1v) is 13.1. The minimum atomic E-state index is -1.15. The summed E-state index contributed by atoms with van der Waals surface area (Å²) in [6.45, 7) is 2.84. The van der Waals surface area contributed by atoms with Gasteiger partial charge in [-0.2, -0.15) is 4.37 Å². The number of methoxy groups -OCH3 is 2. The lowest BCUT2D eigenvalue weighted by Gasteiger charge is -2.32. The molecule has 206 valence electrons. The average Bonchev–Trinajstić information content (AvgIpc) is 3.60. The number of benzene rings is 2. The zero-order chi connectivity index (χ0) is 28.1. The predicted octanol–water partition coefficient (Wildman–Crippen LogP) is 2.83. The summed E-state index contributed by atoms with van der Waals surface area (Å²) >= 11 is 0.747. The third-order valence-electron chi connectivity index (χ3n) is 6.44. The second-order valence-corrected chi connectivity index (χ2v) is 9.82. The number of amides is 3. The second-order valence-electron chi connectivity index (χ2n) is 9.05. The van der Waals surface area contributed by atoms with Crippen LogP contribution in [-0.2, 0) is 9.53 Å². The molecule has 2 atom stereocenters. The number of rotatable bonds is 10. The number of nitrogens with two attached hydrogens (primary N) is 2. The third kappa shape index (κ3) is 5.96. The molecule has 0 aliphatic carbocycles. The number of ether oxygens (including phenoxy) is 3. The van der Waals surface area contributed by atoms with Crippen molar-refractivity contribution in [1.82, 2.24) is 9.69 Å². The molecule has 0 bridgehead atoms. The molecule has 2 heterocycles. The Hall–Kier alpha value is -4.16. The summed E-state index contributed by atoms with van der Waals surface area (Å²) in [4.78, 5) is 41.2. The van der Waals surface area contributed by atoms with Crippen LogP contribution < -0.4 is 31.2 Å². The van der Waals surface area contributed by atoms with Crippen LogP contribution >= 0.6 is 11.5 Å². The molecule has 1 fully saturated rings. The quantitative estimate of drug-likeness (QED) is 0.346. The van der Waals surface area contributed by atoms with E-state index in [0.717, 1.165) is 29.9 Å². The van der Waals surface area contributed by atoms with Crippen molar-refractivity contribution in [3.8, 4) is 11.5 Å². The standard InChI is InChI=1S/C27H31N5O6S/c1-15-6-9-17(10-7-15)32(27(35)24-21(28)22(25(29)33)31-39-24)23(26(34)30-14-18-5-4-12-38-18)16-8-11-19(36-2)20(13-16)37-3/h6-11,13,18,23H,4-5,12,14,28H2,1-3H3,(H2,29,33)(H,30,34)/t18-,23-/m0/s1. The van der Waals surface area contributed by atoms with Gasteiger partial charge in [0.15, 0.2) is 17.2 Å². The van der Waals surface area contributed by atoms with E-state index in [1.54, 1.807) is 30.3 Å². The zero-order valence-corrected chi connectivity index (χ0v) is 22.7. The van der Waals surface area contributed by atoms with E-state index in [9.17, 15) is 14.4 Å². The highest BCUT2D eigenvalue weighted by atomic mass is 32.1. The number of aryl methyl sites for hydroxylation is 1. The minimum Gasteiger partial charge on any atom is -0.493 e. The summed E-state index contributed by atoms with van der Waals surface area (Å²) in [7, 11) is 2.99. The number of hydrogen-bond acceptors (Lipinski definition) is 9. The molecule has 12 heteroatoms. The van der Waals surface area contributed by atoms with Crippen LogP contribution in [0.5, 0.6) is 11.5 Å². The summed E-state index contributed by atoms with van der Waals surface area (Å²) in [5.74, 6) is -1.06. The fourth-order valence-corrected chi connectivity index (χ4v) is 5.13. The number of primary amides is 1. The molecule has 3 amide bonds. The molecule has 0 radical (unpaired) electrons. The van der Waals surface area contributed by atoms with Crippen molar-refractivity contribution >= 4 is 40.6 Å². The Morgan fingerprint density at radius 3 is 2.46 bits per heavy atom. The molecule has 0 spiro atoms. The maximum absolute atomic E-state index is 14.1. The lowest BCUT2D eigenvalue weighted by Crippen LogP contribution is -2.45. The van der Waals surface area contributed by atoms with Gasteiger partial charge < -0.3 is 31.0 Å². The summed E-state index contributed by atoms with van der Waals surface area (Å²) in [5.41, 5.74) is 13.0. The van der Waals surface area contributed by atoms with Gasteiger partial charge in [-0.3, -0.25) is 19.3 Å². The minimum absolute atomic E-state index is 0.0122. The number of anilines is 2. The molecule has 0 saturated carbocycles. The maximum Gasteiger partial charge on any atom is 0.273 e. The Bertz CT molecular complexity index is 1350. The largest absolute Gasteiger partial charge is 0.493 e. The summed E-state index contributed by atoms with van der Waals surface area (Å²) in [5, 5.41) is 2.95. The van der Waals surface area contributed by atoms with Crippen molar-refractivity contribution in [2.24, 2.45) is 5.73 Å². The molecule has 0 unspecified atom stereocenters. The van der Waals surface area contributed by atoms with E-state index in [4.69, 9.17) is 25.7 Å². The van der Waals surface area contributed by atoms with Gasteiger partial charge in [-0.15, -0.1) is 0 Å². The van der Waals surface area contributed by atoms with Crippen LogP contribution in [0.15, 0.2) is 42.5 Å². The third-order valence-corrected chi connectivity index (χ3v) is 7.30. The zero-order valence-electron chi connectivity index (χ0n) is 21.9. The summed E-state index contributed by atoms with van der Waals surface area (Å²) in [6.07, 6.45) is 1.63. The molecule has 1 aromatic heterocycles. The molecular weight excluding hydrogens is 522 g/mol. The van der Waals surface area contributed by atoms with Gasteiger partial charge in [0.25, 0.3) is 11.8 Å². The van der Waals surface area contributed by atoms with Crippen molar-refractivity contribution in [1.29, 1.82) is 0 Å². The Morgan fingerprint density at radius 1 is 1.15 bits per heavy atom. The fraction of sp³-hybridized carbons (Fsp3) is 0.333. The van der Waals surface area contributed by atoms with Crippen LogP contribution in [0.4, 0.5) is 11.4 Å². The fourth-order valence-electron chi connectivity index (χ4n) is 4.38. The normalized spacial score (nSPS) is 15.4. The molecule has 1 saturated heterocycles. The Kier molecular flexibility index (Phi) is 8.67. The number of nitrogens with one attached hydrogen (secondary N) is 1. The van der Waals surface area contributed by atoms with Gasteiger partial charge in [-0.05, 0) is 61.1 Å². The number of nitrogens with zero attached hydrogens (tertiary/aromatic N) is 2. The Labute approximate surface area is 230 Å². The van der Waals surface area contributed by atoms with Crippen molar-refractivity contribution < 1.29 is 28.6 Å². The van der Waals surface area contributed by atoms with Crippen LogP contribution in [0.25, 0.3) is 0 Å². The molecule has 1 aliphatic heterocycles. The van der Waals surface area contributed by atoms with Crippen LogP contribution in [0, 0.1) is 6.92 Å². The number of carbonyl (C=O) groups excluding carboxylic acids is 3. The van der Waals surface area contributed by atoms with Crippen molar-refractivity contribution in [3.63, 3.8) is 0 Å². The Morgan fingerprint density at radius 2 is 1.87 bits per heavy atom. The number of aromatic nitrogens is 1. The predicted molar refractivity (Wildman–Crippen MR) is 147 cm³/mol. The van der Waals surface area contributed by atoms with Crippen LogP contribution in [-0.4, -0.2) is 55.6 Å². The topological polar surface area (TPSA) is 159 Å². The SMILES string of the molecule is COc1ccc([C@@H](C(=O)NC[C@@H]2CCCO2)N(C(=O)c2snc(C(N)=O)c2N)c2ccc(C)cc2)cc1OC. The Balaban J connectivity index is 1.85. The molecule has 4 rings (SSSR count). The maximum atomic E-state index is 14.1.